The van der Waals surface area contributed by atoms with Gasteiger partial charge in [-0.2, -0.15) is 5.10 Å². The van der Waals surface area contributed by atoms with E-state index in [9.17, 15) is 0 Å². The Bertz CT molecular complexity index is 397. The first-order valence-electron chi connectivity index (χ1n) is 7.24. The quantitative estimate of drug-likeness (QED) is 0.818. The Morgan fingerprint density at radius 2 is 2.42 bits per heavy atom. The highest BCUT2D eigenvalue weighted by Gasteiger charge is 2.31. The van der Waals surface area contributed by atoms with Crippen LogP contribution in [0.15, 0.2) is 12.4 Å². The Labute approximate surface area is 114 Å². The molecule has 0 radical (unpaired) electrons. The number of rotatable bonds is 7. The molecule has 3 rings (SSSR count). The summed E-state index contributed by atoms with van der Waals surface area (Å²) in [5, 5.41) is 7.94. The number of ether oxygens (including phenoxy) is 2. The monoisotopic (exact) mass is 265 g/mol. The summed E-state index contributed by atoms with van der Waals surface area (Å²) in [5.74, 6) is 0.765. The number of aromatic nitrogens is 2. The fourth-order valence-corrected chi connectivity index (χ4v) is 2.72. The van der Waals surface area contributed by atoms with Crippen LogP contribution in [0.5, 0.6) is 0 Å². The van der Waals surface area contributed by atoms with Crippen molar-refractivity contribution in [2.24, 2.45) is 5.92 Å². The molecular weight excluding hydrogens is 242 g/mol. The number of anilines is 1. The Balaban J connectivity index is 1.54. The van der Waals surface area contributed by atoms with E-state index >= 15 is 0 Å². The zero-order valence-corrected chi connectivity index (χ0v) is 11.5. The summed E-state index contributed by atoms with van der Waals surface area (Å²) < 4.78 is 12.9. The standard InChI is InChI=1S/C14H23N3O2/c1-18-10-14(11-4-5-11)16-12-7-15-17(8-12)9-13-3-2-6-19-13/h7-8,11,13-14,16H,2-6,9-10H2,1H3. The number of nitrogens with one attached hydrogen (secondary N) is 1. The minimum Gasteiger partial charge on any atom is -0.383 e. The average molecular weight is 265 g/mol. The minimum atomic E-state index is 0.339. The van der Waals surface area contributed by atoms with Crippen molar-refractivity contribution in [3.63, 3.8) is 0 Å². The lowest BCUT2D eigenvalue weighted by atomic mass is 10.2. The number of nitrogens with zero attached hydrogens (tertiary/aromatic N) is 2. The van der Waals surface area contributed by atoms with Crippen LogP contribution in [0.25, 0.3) is 0 Å². The van der Waals surface area contributed by atoms with E-state index in [4.69, 9.17) is 9.47 Å². The fraction of sp³-hybridized carbons (Fsp3) is 0.786. The van der Waals surface area contributed by atoms with Gasteiger partial charge in [-0.15, -0.1) is 0 Å². The first kappa shape index (κ1) is 12.9. The second-order valence-corrected chi connectivity index (χ2v) is 5.63. The van der Waals surface area contributed by atoms with Crippen molar-refractivity contribution in [1.82, 2.24) is 9.78 Å². The molecule has 0 spiro atoms. The maximum absolute atomic E-state index is 5.63. The number of methoxy groups -OCH3 is 1. The van der Waals surface area contributed by atoms with E-state index < -0.39 is 0 Å². The van der Waals surface area contributed by atoms with Crippen molar-refractivity contribution in [3.05, 3.63) is 12.4 Å². The Hall–Kier alpha value is -1.07. The summed E-state index contributed by atoms with van der Waals surface area (Å²) in [4.78, 5) is 0. The van der Waals surface area contributed by atoms with Crippen molar-refractivity contribution in [3.8, 4) is 0 Å². The maximum atomic E-state index is 5.63. The van der Waals surface area contributed by atoms with Gasteiger partial charge < -0.3 is 14.8 Å². The molecule has 0 amide bonds. The van der Waals surface area contributed by atoms with Gasteiger partial charge in [0.1, 0.15) is 0 Å². The lowest BCUT2D eigenvalue weighted by Gasteiger charge is -2.17. The van der Waals surface area contributed by atoms with Crippen LogP contribution in [0.4, 0.5) is 5.69 Å². The predicted molar refractivity (Wildman–Crippen MR) is 73.2 cm³/mol. The molecule has 5 heteroatoms. The molecule has 2 atom stereocenters. The molecular formula is C14H23N3O2. The highest BCUT2D eigenvalue weighted by Crippen LogP contribution is 2.34. The molecule has 5 nitrogen and oxygen atoms in total. The molecule has 1 aliphatic carbocycles. The van der Waals surface area contributed by atoms with Gasteiger partial charge in [0, 0.05) is 19.9 Å². The molecule has 2 unspecified atom stereocenters. The maximum Gasteiger partial charge on any atom is 0.0771 e. The third kappa shape index (κ3) is 3.48. The van der Waals surface area contributed by atoms with Gasteiger partial charge >= 0.3 is 0 Å². The van der Waals surface area contributed by atoms with E-state index in [0.717, 1.165) is 37.8 Å². The lowest BCUT2D eigenvalue weighted by molar-refractivity contribution is 0.0940. The van der Waals surface area contributed by atoms with Gasteiger partial charge in [-0.3, -0.25) is 4.68 Å². The van der Waals surface area contributed by atoms with Crippen molar-refractivity contribution >= 4 is 5.69 Å². The van der Waals surface area contributed by atoms with Crippen LogP contribution in [0.2, 0.25) is 0 Å². The normalized spacial score (nSPS) is 24.6. The van der Waals surface area contributed by atoms with Gasteiger partial charge in [-0.25, -0.2) is 0 Å². The Kier molecular flexibility index (Phi) is 4.03. The molecule has 1 N–H and O–H groups in total. The highest BCUT2D eigenvalue weighted by molar-refractivity contribution is 5.40. The third-order valence-electron chi connectivity index (χ3n) is 3.94. The summed E-state index contributed by atoms with van der Waals surface area (Å²) in [7, 11) is 1.76. The van der Waals surface area contributed by atoms with Crippen LogP contribution in [0, 0.1) is 5.92 Å². The molecule has 1 aliphatic heterocycles. The van der Waals surface area contributed by atoms with Crippen LogP contribution < -0.4 is 5.32 Å². The zero-order valence-electron chi connectivity index (χ0n) is 11.5. The summed E-state index contributed by atoms with van der Waals surface area (Å²) in [6.07, 6.45) is 9.26. The highest BCUT2D eigenvalue weighted by atomic mass is 16.5. The van der Waals surface area contributed by atoms with E-state index in [1.54, 1.807) is 7.11 Å². The number of hydrogen-bond donors (Lipinski definition) is 1. The Morgan fingerprint density at radius 1 is 1.53 bits per heavy atom. The van der Waals surface area contributed by atoms with Crippen molar-refractivity contribution in [1.29, 1.82) is 0 Å². The second kappa shape index (κ2) is 5.92. The summed E-state index contributed by atoms with van der Waals surface area (Å²) >= 11 is 0. The van der Waals surface area contributed by atoms with E-state index in [1.807, 2.05) is 10.9 Å². The molecule has 2 heterocycles. The minimum absolute atomic E-state index is 0.339. The molecule has 2 aliphatic rings. The van der Waals surface area contributed by atoms with E-state index in [0.29, 0.717) is 12.1 Å². The molecule has 106 valence electrons. The summed E-state index contributed by atoms with van der Waals surface area (Å²) in [5.41, 5.74) is 1.09. The molecule has 0 bridgehead atoms. The largest absolute Gasteiger partial charge is 0.383 e. The first-order chi connectivity index (χ1) is 9.35. The second-order valence-electron chi connectivity index (χ2n) is 5.63. The number of hydrogen-bond acceptors (Lipinski definition) is 4. The van der Waals surface area contributed by atoms with Gasteiger partial charge in [-0.1, -0.05) is 0 Å². The van der Waals surface area contributed by atoms with E-state index in [2.05, 4.69) is 16.6 Å². The van der Waals surface area contributed by atoms with Gasteiger partial charge in [0.25, 0.3) is 0 Å². The predicted octanol–water partition coefficient (Wildman–Crippen LogP) is 1.90. The molecule has 1 saturated heterocycles. The van der Waals surface area contributed by atoms with Crippen LogP contribution >= 0.6 is 0 Å². The molecule has 1 aromatic rings. The molecule has 19 heavy (non-hydrogen) atoms. The van der Waals surface area contributed by atoms with Gasteiger partial charge in [0.15, 0.2) is 0 Å². The van der Waals surface area contributed by atoms with Crippen LogP contribution in [0.1, 0.15) is 25.7 Å². The lowest BCUT2D eigenvalue weighted by Crippen LogP contribution is -2.26. The molecule has 0 aromatic carbocycles. The zero-order chi connectivity index (χ0) is 13.1. The van der Waals surface area contributed by atoms with Gasteiger partial charge in [0.2, 0.25) is 0 Å². The average Bonchev–Trinajstić information content (AvgIpc) is 2.96. The molecule has 1 saturated carbocycles. The van der Waals surface area contributed by atoms with Gasteiger partial charge in [0.05, 0.1) is 37.2 Å². The molecule has 1 aromatic heterocycles. The topological polar surface area (TPSA) is 48.3 Å². The van der Waals surface area contributed by atoms with Crippen LogP contribution in [-0.2, 0) is 16.0 Å². The van der Waals surface area contributed by atoms with Crippen molar-refractivity contribution < 1.29 is 9.47 Å². The summed E-state index contributed by atoms with van der Waals surface area (Å²) in [6, 6.07) is 0.422. The van der Waals surface area contributed by atoms with Crippen LogP contribution in [-0.4, -0.2) is 42.2 Å². The first-order valence-corrected chi connectivity index (χ1v) is 7.24. The third-order valence-corrected chi connectivity index (χ3v) is 3.94. The van der Waals surface area contributed by atoms with Crippen molar-refractivity contribution in [2.45, 2.75) is 44.4 Å². The smallest absolute Gasteiger partial charge is 0.0771 e. The van der Waals surface area contributed by atoms with E-state index in [-0.39, 0.29) is 0 Å². The Morgan fingerprint density at radius 3 is 3.11 bits per heavy atom. The fourth-order valence-electron chi connectivity index (χ4n) is 2.72. The molecule has 2 fully saturated rings. The van der Waals surface area contributed by atoms with Crippen LogP contribution in [0.3, 0.4) is 0 Å². The van der Waals surface area contributed by atoms with E-state index in [1.165, 1.54) is 19.3 Å². The van der Waals surface area contributed by atoms with Crippen molar-refractivity contribution in [2.75, 3.05) is 25.6 Å². The SMILES string of the molecule is COCC(Nc1cnn(CC2CCCO2)c1)C1CC1. The summed E-state index contributed by atoms with van der Waals surface area (Å²) in [6.45, 7) is 2.52. The van der Waals surface area contributed by atoms with Gasteiger partial charge in [-0.05, 0) is 31.6 Å².